The van der Waals surface area contributed by atoms with Gasteiger partial charge >= 0.3 is 0 Å². The van der Waals surface area contributed by atoms with E-state index in [-0.39, 0.29) is 5.54 Å². The Hall–Kier alpha value is -0.630. The van der Waals surface area contributed by atoms with Crippen LogP contribution >= 0.6 is 0 Å². The summed E-state index contributed by atoms with van der Waals surface area (Å²) in [6.45, 7) is 7.26. The minimum Gasteiger partial charge on any atom is -0.305 e. The van der Waals surface area contributed by atoms with Crippen LogP contribution in [-0.4, -0.2) is 61.7 Å². The lowest BCUT2D eigenvalue weighted by Gasteiger charge is -2.49. The highest BCUT2D eigenvalue weighted by Crippen LogP contribution is 2.36. The summed E-state index contributed by atoms with van der Waals surface area (Å²) in [6, 6.07) is 2.49. The Bertz CT molecular complexity index is 343. The predicted molar refractivity (Wildman–Crippen MR) is 89.3 cm³/mol. The van der Waals surface area contributed by atoms with E-state index < -0.39 is 0 Å². The van der Waals surface area contributed by atoms with Crippen molar-refractivity contribution in [2.45, 2.75) is 63.5 Å². The lowest BCUT2D eigenvalue weighted by Crippen LogP contribution is -2.56. The van der Waals surface area contributed by atoms with Crippen LogP contribution in [-0.2, 0) is 0 Å². The molecule has 1 atom stereocenters. The molecule has 1 N–H and O–H groups in total. The molecule has 0 aromatic carbocycles. The molecule has 1 fully saturated rings. The molecule has 1 aliphatic carbocycles. The maximum Gasteiger partial charge on any atom is 0.106 e. The molecule has 122 valence electrons. The molecule has 1 rings (SSSR count). The second kappa shape index (κ2) is 8.12. The van der Waals surface area contributed by atoms with Crippen molar-refractivity contribution in [1.29, 1.82) is 5.26 Å². The van der Waals surface area contributed by atoms with Crippen molar-refractivity contribution in [3.05, 3.63) is 0 Å². The van der Waals surface area contributed by atoms with E-state index in [0.29, 0.717) is 5.54 Å². The molecule has 4 nitrogen and oxygen atoms in total. The van der Waals surface area contributed by atoms with Gasteiger partial charge in [0, 0.05) is 12.1 Å². The molecule has 1 unspecified atom stereocenters. The third-order valence-corrected chi connectivity index (χ3v) is 5.27. The smallest absolute Gasteiger partial charge is 0.106 e. The van der Waals surface area contributed by atoms with Crippen LogP contribution in [0.5, 0.6) is 0 Å². The van der Waals surface area contributed by atoms with Gasteiger partial charge in [-0.05, 0) is 72.8 Å². The quantitative estimate of drug-likeness (QED) is 0.672. The third kappa shape index (κ3) is 4.67. The maximum atomic E-state index is 9.45. The number of nitrogens with one attached hydrogen (secondary N) is 1. The van der Waals surface area contributed by atoms with E-state index in [1.807, 2.05) is 0 Å². The number of hydrogen-bond acceptors (Lipinski definition) is 4. The fraction of sp³-hybridized carbons (Fsp3) is 0.941. The number of nitriles is 1. The normalized spacial score (nSPS) is 20.1. The molecule has 1 aliphatic rings. The Kier molecular flexibility index (Phi) is 7.12. The monoisotopic (exact) mass is 294 g/mol. The Morgan fingerprint density at radius 2 is 1.90 bits per heavy atom. The molecule has 0 amide bonds. The molecule has 0 bridgehead atoms. The summed E-state index contributed by atoms with van der Waals surface area (Å²) >= 11 is 0. The maximum absolute atomic E-state index is 9.45. The summed E-state index contributed by atoms with van der Waals surface area (Å²) in [6.07, 6.45) is 6.89. The summed E-state index contributed by atoms with van der Waals surface area (Å²) < 4.78 is 0. The van der Waals surface area contributed by atoms with Gasteiger partial charge in [-0.3, -0.25) is 5.32 Å². The van der Waals surface area contributed by atoms with Gasteiger partial charge in [-0.2, -0.15) is 5.26 Å². The first-order valence-corrected chi connectivity index (χ1v) is 8.46. The van der Waals surface area contributed by atoms with Crippen LogP contribution in [0.2, 0.25) is 0 Å². The van der Waals surface area contributed by atoms with Crippen LogP contribution in [0, 0.1) is 11.3 Å². The lowest BCUT2D eigenvalue weighted by atomic mass is 9.75. The van der Waals surface area contributed by atoms with Gasteiger partial charge in [0.05, 0.1) is 6.07 Å². The van der Waals surface area contributed by atoms with Crippen molar-refractivity contribution in [2.75, 3.05) is 40.8 Å². The standard InChI is InChI=1S/C17H34N4/c1-6-16(14-18,19-7-2)10-9-13-21(5)15-17(20(3)4)11-8-12-17/h19H,6-13,15H2,1-5H3. The van der Waals surface area contributed by atoms with Crippen LogP contribution in [0.15, 0.2) is 0 Å². The van der Waals surface area contributed by atoms with Crippen LogP contribution < -0.4 is 5.32 Å². The van der Waals surface area contributed by atoms with Gasteiger partial charge in [0.15, 0.2) is 0 Å². The van der Waals surface area contributed by atoms with Crippen LogP contribution in [0.4, 0.5) is 0 Å². The SMILES string of the molecule is CCNC(C#N)(CC)CCCN(C)CC1(N(C)C)CCC1. The van der Waals surface area contributed by atoms with Crippen LogP contribution in [0.1, 0.15) is 52.4 Å². The summed E-state index contributed by atoms with van der Waals surface area (Å²) in [7, 11) is 6.63. The molecule has 0 aliphatic heterocycles. The highest BCUT2D eigenvalue weighted by atomic mass is 15.2. The average Bonchev–Trinajstić information content (AvgIpc) is 2.41. The number of nitrogens with zero attached hydrogens (tertiary/aromatic N) is 3. The van der Waals surface area contributed by atoms with Gasteiger partial charge in [0.25, 0.3) is 0 Å². The molecule has 0 aromatic heterocycles. The minimum atomic E-state index is -0.328. The van der Waals surface area contributed by atoms with Gasteiger partial charge in [-0.1, -0.05) is 13.8 Å². The van der Waals surface area contributed by atoms with Crippen molar-refractivity contribution in [3.63, 3.8) is 0 Å². The highest BCUT2D eigenvalue weighted by molar-refractivity contribution is 5.06. The zero-order chi connectivity index (χ0) is 15.9. The van der Waals surface area contributed by atoms with Crippen LogP contribution in [0.25, 0.3) is 0 Å². The molecule has 0 aromatic rings. The van der Waals surface area contributed by atoms with E-state index >= 15 is 0 Å². The fourth-order valence-corrected chi connectivity index (χ4v) is 3.47. The summed E-state index contributed by atoms with van der Waals surface area (Å²) in [4.78, 5) is 4.85. The van der Waals surface area contributed by atoms with Crippen molar-refractivity contribution < 1.29 is 0 Å². The first-order valence-electron chi connectivity index (χ1n) is 8.46. The summed E-state index contributed by atoms with van der Waals surface area (Å²) in [5.74, 6) is 0. The Morgan fingerprint density at radius 3 is 2.29 bits per heavy atom. The summed E-state index contributed by atoms with van der Waals surface area (Å²) in [5.41, 5.74) is 0.0682. The molecular formula is C17H34N4. The van der Waals surface area contributed by atoms with Gasteiger partial charge in [-0.25, -0.2) is 0 Å². The van der Waals surface area contributed by atoms with Crippen LogP contribution in [0.3, 0.4) is 0 Å². The largest absolute Gasteiger partial charge is 0.305 e. The molecule has 0 spiro atoms. The van der Waals surface area contributed by atoms with E-state index in [2.05, 4.69) is 56.2 Å². The average molecular weight is 294 g/mol. The molecular weight excluding hydrogens is 260 g/mol. The molecule has 1 saturated carbocycles. The fourth-order valence-electron chi connectivity index (χ4n) is 3.47. The van der Waals surface area contributed by atoms with Gasteiger partial charge in [0.1, 0.15) is 5.54 Å². The number of rotatable bonds is 10. The molecule has 0 heterocycles. The first-order chi connectivity index (χ1) is 9.93. The van der Waals surface area contributed by atoms with E-state index in [9.17, 15) is 5.26 Å². The van der Waals surface area contributed by atoms with Gasteiger partial charge < -0.3 is 9.80 Å². The summed E-state index contributed by atoms with van der Waals surface area (Å²) in [5, 5.41) is 12.8. The molecule has 21 heavy (non-hydrogen) atoms. The molecule has 0 radical (unpaired) electrons. The lowest BCUT2D eigenvalue weighted by molar-refractivity contribution is 0.0272. The van der Waals surface area contributed by atoms with Crippen molar-refractivity contribution in [1.82, 2.24) is 15.1 Å². The number of hydrogen-bond donors (Lipinski definition) is 1. The topological polar surface area (TPSA) is 42.3 Å². The van der Waals surface area contributed by atoms with Crippen molar-refractivity contribution >= 4 is 0 Å². The zero-order valence-corrected chi connectivity index (χ0v) is 14.7. The molecule has 0 saturated heterocycles. The second-order valence-electron chi connectivity index (χ2n) is 6.89. The van der Waals surface area contributed by atoms with E-state index in [1.54, 1.807) is 0 Å². The van der Waals surface area contributed by atoms with Gasteiger partial charge in [-0.15, -0.1) is 0 Å². The second-order valence-corrected chi connectivity index (χ2v) is 6.89. The first kappa shape index (κ1) is 18.4. The number of likely N-dealkylation sites (N-methyl/N-ethyl adjacent to an activating group) is 2. The van der Waals surface area contributed by atoms with E-state index in [4.69, 9.17) is 0 Å². The molecule has 4 heteroatoms. The predicted octanol–water partition coefficient (Wildman–Crippen LogP) is 2.46. The minimum absolute atomic E-state index is 0.328. The Morgan fingerprint density at radius 1 is 1.24 bits per heavy atom. The highest BCUT2D eigenvalue weighted by Gasteiger charge is 2.39. The van der Waals surface area contributed by atoms with Crippen molar-refractivity contribution in [3.8, 4) is 6.07 Å². The Labute approximate surface area is 131 Å². The third-order valence-electron chi connectivity index (χ3n) is 5.27. The van der Waals surface area contributed by atoms with Gasteiger partial charge in [0.2, 0.25) is 0 Å². The zero-order valence-electron chi connectivity index (χ0n) is 14.7. The van der Waals surface area contributed by atoms with E-state index in [1.165, 1.54) is 19.3 Å². The van der Waals surface area contributed by atoms with E-state index in [0.717, 1.165) is 38.9 Å². The van der Waals surface area contributed by atoms with Crippen molar-refractivity contribution in [2.24, 2.45) is 0 Å². The Balaban J connectivity index is 2.39.